The molecule has 32 heavy (non-hydrogen) atoms. The van der Waals surface area contributed by atoms with E-state index in [1.165, 1.54) is 0 Å². The van der Waals surface area contributed by atoms with Gasteiger partial charge in [-0.05, 0) is 76.5 Å². The summed E-state index contributed by atoms with van der Waals surface area (Å²) in [6.45, 7) is 2.38. The lowest BCUT2D eigenvalue weighted by atomic mass is 10.1. The van der Waals surface area contributed by atoms with Crippen molar-refractivity contribution in [1.29, 1.82) is 0 Å². The fraction of sp³-hybridized carbons (Fsp3) is 0.120. The molecule has 1 aliphatic rings. The number of rotatable bonds is 6. The largest absolute Gasteiger partial charge is 0.493 e. The molecule has 4 rings (SSSR count). The number of halogens is 2. The van der Waals surface area contributed by atoms with Crippen LogP contribution in [0.15, 0.2) is 80.3 Å². The summed E-state index contributed by atoms with van der Waals surface area (Å²) in [5.41, 5.74) is 3.84. The molecule has 0 aromatic heterocycles. The lowest BCUT2D eigenvalue weighted by molar-refractivity contribution is -0.129. The summed E-state index contributed by atoms with van der Waals surface area (Å²) in [4.78, 5) is 16.7. The molecule has 0 amide bonds. The number of carbonyl (C=O) groups excluding carboxylic acids is 1. The van der Waals surface area contributed by atoms with Gasteiger partial charge in [-0.3, -0.25) is 0 Å². The number of cyclic esters (lactones) is 1. The Morgan fingerprint density at radius 2 is 1.84 bits per heavy atom. The Hall–Kier alpha value is -2.90. The predicted octanol–water partition coefficient (Wildman–Crippen LogP) is 6.45. The number of aryl methyl sites for hydroxylation is 1. The quantitative estimate of drug-likeness (QED) is 0.258. The molecule has 1 heterocycles. The second-order valence-electron chi connectivity index (χ2n) is 7.15. The Morgan fingerprint density at radius 3 is 2.56 bits per heavy atom. The van der Waals surface area contributed by atoms with Crippen molar-refractivity contribution in [2.75, 3.05) is 7.11 Å². The number of hydrogen-bond donors (Lipinski definition) is 0. The molecule has 0 aliphatic carbocycles. The molecule has 0 spiro atoms. The first-order valence-corrected chi connectivity index (χ1v) is 11.4. The molecule has 0 bridgehead atoms. The van der Waals surface area contributed by atoms with Gasteiger partial charge in [-0.1, -0.05) is 45.8 Å². The Balaban J connectivity index is 1.59. The number of nitrogens with zero attached hydrogens (tertiary/aromatic N) is 1. The molecule has 5 nitrogen and oxygen atoms in total. The van der Waals surface area contributed by atoms with Gasteiger partial charge in [-0.25, -0.2) is 9.79 Å². The van der Waals surface area contributed by atoms with Gasteiger partial charge in [-0.15, -0.1) is 0 Å². The highest BCUT2D eigenvalue weighted by Gasteiger charge is 2.24. The Kier molecular flexibility index (Phi) is 6.77. The van der Waals surface area contributed by atoms with Gasteiger partial charge in [0.15, 0.2) is 17.2 Å². The topological polar surface area (TPSA) is 57.1 Å². The van der Waals surface area contributed by atoms with Crippen LogP contribution >= 0.6 is 31.9 Å². The first-order chi connectivity index (χ1) is 15.4. The Labute approximate surface area is 203 Å². The van der Waals surface area contributed by atoms with Gasteiger partial charge in [0.2, 0.25) is 5.90 Å². The second-order valence-corrected chi connectivity index (χ2v) is 8.92. The molecule has 0 unspecified atom stereocenters. The summed E-state index contributed by atoms with van der Waals surface area (Å²) >= 11 is 7.02. The average Bonchev–Trinajstić information content (AvgIpc) is 3.13. The number of esters is 1. The zero-order chi connectivity index (χ0) is 22.7. The smallest absolute Gasteiger partial charge is 0.363 e. The molecule has 0 atom stereocenters. The van der Waals surface area contributed by atoms with E-state index in [9.17, 15) is 4.79 Å². The van der Waals surface area contributed by atoms with E-state index in [0.717, 1.165) is 26.7 Å². The van der Waals surface area contributed by atoms with E-state index in [-0.39, 0.29) is 5.70 Å². The molecule has 3 aromatic carbocycles. The van der Waals surface area contributed by atoms with Crippen LogP contribution in [0.4, 0.5) is 0 Å². The van der Waals surface area contributed by atoms with Gasteiger partial charge in [0, 0.05) is 10.0 Å². The molecule has 3 aromatic rings. The van der Waals surface area contributed by atoms with Crippen LogP contribution in [-0.4, -0.2) is 19.0 Å². The number of carbonyl (C=O) groups is 1. The van der Waals surface area contributed by atoms with Crippen LogP contribution in [-0.2, 0) is 16.1 Å². The molecule has 0 N–H and O–H groups in total. The van der Waals surface area contributed by atoms with E-state index in [4.69, 9.17) is 14.2 Å². The molecule has 7 heteroatoms. The van der Waals surface area contributed by atoms with E-state index in [1.54, 1.807) is 19.3 Å². The van der Waals surface area contributed by atoms with Gasteiger partial charge in [0.1, 0.15) is 6.61 Å². The van der Waals surface area contributed by atoms with Crippen LogP contribution in [0.1, 0.15) is 22.3 Å². The highest BCUT2D eigenvalue weighted by molar-refractivity contribution is 9.10. The molecule has 0 radical (unpaired) electrons. The van der Waals surface area contributed by atoms with Crippen molar-refractivity contribution < 1.29 is 19.0 Å². The van der Waals surface area contributed by atoms with Crippen LogP contribution in [0.2, 0.25) is 0 Å². The van der Waals surface area contributed by atoms with Crippen LogP contribution in [0.25, 0.3) is 6.08 Å². The van der Waals surface area contributed by atoms with Crippen molar-refractivity contribution >= 4 is 49.8 Å². The number of methoxy groups -OCH3 is 1. The highest BCUT2D eigenvalue weighted by atomic mass is 79.9. The van der Waals surface area contributed by atoms with Crippen molar-refractivity contribution in [2.45, 2.75) is 13.5 Å². The van der Waals surface area contributed by atoms with Crippen molar-refractivity contribution in [3.05, 3.63) is 97.6 Å². The van der Waals surface area contributed by atoms with Crippen LogP contribution < -0.4 is 9.47 Å². The molecule has 1 aliphatic heterocycles. The number of ether oxygens (including phenoxy) is 3. The lowest BCUT2D eigenvalue weighted by Gasteiger charge is -2.14. The molecular weight excluding hydrogens is 538 g/mol. The molecule has 0 saturated carbocycles. The average molecular weight is 557 g/mol. The maximum atomic E-state index is 12.3. The summed E-state index contributed by atoms with van der Waals surface area (Å²) in [5.74, 6) is 0.912. The lowest BCUT2D eigenvalue weighted by Crippen LogP contribution is -2.05. The van der Waals surface area contributed by atoms with E-state index in [2.05, 4.69) is 36.9 Å². The van der Waals surface area contributed by atoms with Crippen molar-refractivity contribution in [1.82, 2.24) is 0 Å². The third-order valence-corrected chi connectivity index (χ3v) is 5.83. The van der Waals surface area contributed by atoms with E-state index < -0.39 is 5.97 Å². The van der Waals surface area contributed by atoms with E-state index in [1.807, 2.05) is 61.5 Å². The molecule has 0 fully saturated rings. The standard InChI is InChI=1S/C25H19Br2NO4/c1-15-6-8-18(9-7-15)24-28-21(25(29)32-24)12-17-11-20(27)23(22(13-17)30-2)31-14-16-4-3-5-19(26)10-16/h3-13H,14H2,1-2H3/b21-12-. The fourth-order valence-electron chi connectivity index (χ4n) is 3.13. The zero-order valence-electron chi connectivity index (χ0n) is 17.4. The third kappa shape index (κ3) is 5.11. The maximum Gasteiger partial charge on any atom is 0.363 e. The van der Waals surface area contributed by atoms with Gasteiger partial charge >= 0.3 is 5.97 Å². The number of hydrogen-bond acceptors (Lipinski definition) is 5. The normalized spacial score (nSPS) is 14.3. The second kappa shape index (κ2) is 9.71. The van der Waals surface area contributed by atoms with Crippen molar-refractivity contribution in [3.8, 4) is 11.5 Å². The maximum absolute atomic E-state index is 12.3. The first kappa shape index (κ1) is 22.3. The monoisotopic (exact) mass is 555 g/mol. The molecule has 0 saturated heterocycles. The minimum Gasteiger partial charge on any atom is -0.493 e. The minimum atomic E-state index is -0.495. The van der Waals surface area contributed by atoms with E-state index >= 15 is 0 Å². The minimum absolute atomic E-state index is 0.220. The van der Waals surface area contributed by atoms with Gasteiger partial charge in [0.25, 0.3) is 0 Å². The summed E-state index contributed by atoms with van der Waals surface area (Å²) < 4.78 is 18.6. The number of aliphatic imine (C=N–C) groups is 1. The summed E-state index contributed by atoms with van der Waals surface area (Å²) in [5, 5.41) is 0. The number of benzene rings is 3. The Bertz CT molecular complexity index is 1230. The van der Waals surface area contributed by atoms with E-state index in [0.29, 0.717) is 28.5 Å². The van der Waals surface area contributed by atoms with Crippen LogP contribution in [0.3, 0.4) is 0 Å². The van der Waals surface area contributed by atoms with Crippen LogP contribution in [0, 0.1) is 6.92 Å². The SMILES string of the molecule is COc1cc(/C=C2\N=C(c3ccc(C)cc3)OC2=O)cc(Br)c1OCc1cccc(Br)c1. The summed E-state index contributed by atoms with van der Waals surface area (Å²) in [6.07, 6.45) is 1.66. The molecule has 162 valence electrons. The fourth-order valence-corrected chi connectivity index (χ4v) is 4.15. The predicted molar refractivity (Wildman–Crippen MR) is 131 cm³/mol. The Morgan fingerprint density at radius 1 is 1.06 bits per heavy atom. The van der Waals surface area contributed by atoms with Crippen LogP contribution in [0.5, 0.6) is 11.5 Å². The summed E-state index contributed by atoms with van der Waals surface area (Å²) in [6, 6.07) is 19.2. The highest BCUT2D eigenvalue weighted by Crippen LogP contribution is 2.38. The van der Waals surface area contributed by atoms with Gasteiger partial charge in [-0.2, -0.15) is 0 Å². The zero-order valence-corrected chi connectivity index (χ0v) is 20.6. The van der Waals surface area contributed by atoms with Crippen molar-refractivity contribution in [2.24, 2.45) is 4.99 Å². The first-order valence-electron chi connectivity index (χ1n) is 9.77. The van der Waals surface area contributed by atoms with Gasteiger partial charge < -0.3 is 14.2 Å². The summed E-state index contributed by atoms with van der Waals surface area (Å²) in [7, 11) is 1.57. The van der Waals surface area contributed by atoms with Crippen molar-refractivity contribution in [3.63, 3.8) is 0 Å². The molecular formula is C25H19Br2NO4. The van der Waals surface area contributed by atoms with Gasteiger partial charge in [0.05, 0.1) is 11.6 Å². The third-order valence-electron chi connectivity index (χ3n) is 4.75.